The van der Waals surface area contributed by atoms with E-state index in [0.717, 1.165) is 12.8 Å². The Labute approximate surface area is 152 Å². The van der Waals surface area contributed by atoms with Gasteiger partial charge in [-0.1, -0.05) is 12.1 Å². The number of halogens is 3. The van der Waals surface area contributed by atoms with E-state index in [9.17, 15) is 23.1 Å². The Balaban J connectivity index is 1.54. The van der Waals surface area contributed by atoms with Crippen molar-refractivity contribution in [3.8, 4) is 0 Å². The molecule has 1 aromatic carbocycles. The van der Waals surface area contributed by atoms with Gasteiger partial charge in [-0.2, -0.15) is 13.2 Å². The SMILES string of the molecule is Cc1ccc(CC2CCN(C(=O)[C@H]3C[C@@](C)(O)C3)CC2)cc1C(F)(F)F. The fraction of sp³-hybridized carbons (Fsp3) is 0.650. The molecule has 0 atom stereocenters. The number of hydrogen-bond donors (Lipinski definition) is 1. The van der Waals surface area contributed by atoms with Crippen molar-refractivity contribution < 1.29 is 23.1 Å². The lowest BCUT2D eigenvalue weighted by molar-refractivity contribution is -0.151. The lowest BCUT2D eigenvalue weighted by atomic mass is 9.71. The molecule has 6 heteroatoms. The first kappa shape index (κ1) is 19.2. The van der Waals surface area contributed by atoms with Crippen LogP contribution < -0.4 is 0 Å². The number of benzene rings is 1. The van der Waals surface area contributed by atoms with Gasteiger partial charge in [0.2, 0.25) is 5.91 Å². The maximum atomic E-state index is 13.1. The van der Waals surface area contributed by atoms with Crippen molar-refractivity contribution in [1.82, 2.24) is 4.90 Å². The van der Waals surface area contributed by atoms with E-state index < -0.39 is 17.3 Å². The van der Waals surface area contributed by atoms with Crippen LogP contribution in [0.15, 0.2) is 18.2 Å². The standard InChI is InChI=1S/C20H26F3NO2/c1-13-3-4-15(10-17(13)20(21,22)23)9-14-5-7-24(8-6-14)18(25)16-11-19(2,26)12-16/h3-4,10,14,16,26H,5-9,11-12H2,1-2H3/t16-,19+. The fourth-order valence-corrected chi connectivity index (χ4v) is 4.23. The van der Waals surface area contributed by atoms with Crippen molar-refractivity contribution in [3.63, 3.8) is 0 Å². The molecule has 1 heterocycles. The van der Waals surface area contributed by atoms with Crippen LogP contribution in [0.1, 0.15) is 49.3 Å². The van der Waals surface area contributed by atoms with E-state index >= 15 is 0 Å². The fourth-order valence-electron chi connectivity index (χ4n) is 4.23. The van der Waals surface area contributed by atoms with Gasteiger partial charge in [0, 0.05) is 19.0 Å². The lowest BCUT2D eigenvalue weighted by Gasteiger charge is -2.43. The average molecular weight is 369 g/mol. The third kappa shape index (κ3) is 4.22. The Morgan fingerprint density at radius 2 is 1.88 bits per heavy atom. The molecule has 1 saturated carbocycles. The molecule has 0 bridgehead atoms. The number of carbonyl (C=O) groups is 1. The normalized spacial score (nSPS) is 27.3. The van der Waals surface area contributed by atoms with E-state index in [1.807, 2.05) is 4.90 Å². The minimum atomic E-state index is -4.32. The van der Waals surface area contributed by atoms with Gasteiger partial charge in [0.1, 0.15) is 0 Å². The van der Waals surface area contributed by atoms with Crippen LogP contribution in [-0.2, 0) is 17.4 Å². The van der Waals surface area contributed by atoms with Gasteiger partial charge in [-0.15, -0.1) is 0 Å². The van der Waals surface area contributed by atoms with E-state index in [1.54, 1.807) is 19.1 Å². The second kappa shape index (κ2) is 6.87. The van der Waals surface area contributed by atoms with Crippen LogP contribution in [0.2, 0.25) is 0 Å². The van der Waals surface area contributed by atoms with Crippen LogP contribution in [0.25, 0.3) is 0 Å². The van der Waals surface area contributed by atoms with Gasteiger partial charge in [0.05, 0.1) is 11.2 Å². The summed E-state index contributed by atoms with van der Waals surface area (Å²) < 4.78 is 39.2. The van der Waals surface area contributed by atoms with Gasteiger partial charge in [-0.05, 0) is 69.1 Å². The van der Waals surface area contributed by atoms with Crippen LogP contribution in [0.3, 0.4) is 0 Å². The minimum Gasteiger partial charge on any atom is -0.390 e. The molecule has 0 unspecified atom stereocenters. The summed E-state index contributed by atoms with van der Waals surface area (Å²) in [4.78, 5) is 14.3. The number of hydrogen-bond acceptors (Lipinski definition) is 2. The monoisotopic (exact) mass is 369 g/mol. The molecular weight excluding hydrogens is 343 g/mol. The highest BCUT2D eigenvalue weighted by Crippen LogP contribution is 2.39. The zero-order valence-corrected chi connectivity index (χ0v) is 15.3. The van der Waals surface area contributed by atoms with E-state index in [4.69, 9.17) is 0 Å². The summed E-state index contributed by atoms with van der Waals surface area (Å²) in [6.45, 7) is 4.54. The molecule has 2 aliphatic rings. The van der Waals surface area contributed by atoms with Crippen LogP contribution in [0.4, 0.5) is 13.2 Å². The van der Waals surface area contributed by atoms with Gasteiger partial charge >= 0.3 is 6.18 Å². The third-order valence-corrected chi connectivity index (χ3v) is 5.78. The molecule has 2 fully saturated rings. The molecule has 3 rings (SSSR count). The van der Waals surface area contributed by atoms with E-state index in [0.29, 0.717) is 43.8 Å². The number of alkyl halides is 3. The summed E-state index contributed by atoms with van der Waals surface area (Å²) in [6.07, 6.45) is -1.04. The van der Waals surface area contributed by atoms with Crippen LogP contribution in [0.5, 0.6) is 0 Å². The van der Waals surface area contributed by atoms with Gasteiger partial charge in [-0.25, -0.2) is 0 Å². The van der Waals surface area contributed by atoms with Crippen molar-refractivity contribution in [3.05, 3.63) is 34.9 Å². The van der Waals surface area contributed by atoms with Crippen molar-refractivity contribution >= 4 is 5.91 Å². The highest BCUT2D eigenvalue weighted by atomic mass is 19.4. The van der Waals surface area contributed by atoms with Gasteiger partial charge in [0.25, 0.3) is 0 Å². The Morgan fingerprint density at radius 1 is 1.27 bits per heavy atom. The summed E-state index contributed by atoms with van der Waals surface area (Å²) in [5.74, 6) is 0.338. The predicted octanol–water partition coefficient (Wildman–Crippen LogP) is 3.96. The highest BCUT2D eigenvalue weighted by Gasteiger charge is 2.44. The molecule has 1 aliphatic carbocycles. The summed E-state index contributed by atoms with van der Waals surface area (Å²) in [5.41, 5.74) is -0.305. The summed E-state index contributed by atoms with van der Waals surface area (Å²) in [7, 11) is 0. The number of aliphatic hydroxyl groups is 1. The second-order valence-corrected chi connectivity index (χ2v) is 8.22. The quantitative estimate of drug-likeness (QED) is 0.876. The molecule has 1 amide bonds. The zero-order valence-electron chi connectivity index (χ0n) is 15.3. The van der Waals surface area contributed by atoms with Gasteiger partial charge < -0.3 is 10.0 Å². The molecule has 1 saturated heterocycles. The van der Waals surface area contributed by atoms with Crippen LogP contribution >= 0.6 is 0 Å². The summed E-state index contributed by atoms with van der Waals surface area (Å²) in [6, 6.07) is 4.58. The topological polar surface area (TPSA) is 40.5 Å². The molecule has 144 valence electrons. The molecule has 1 aromatic rings. The van der Waals surface area contributed by atoms with Crippen LogP contribution in [-0.4, -0.2) is 34.6 Å². The zero-order chi connectivity index (χ0) is 19.1. The second-order valence-electron chi connectivity index (χ2n) is 8.22. The first-order valence-corrected chi connectivity index (χ1v) is 9.23. The molecule has 1 aliphatic heterocycles. The predicted molar refractivity (Wildman–Crippen MR) is 92.5 cm³/mol. The maximum absolute atomic E-state index is 13.1. The molecule has 0 aromatic heterocycles. The van der Waals surface area contributed by atoms with Crippen molar-refractivity contribution in [2.24, 2.45) is 11.8 Å². The van der Waals surface area contributed by atoms with Crippen LogP contribution in [0, 0.1) is 18.8 Å². The average Bonchev–Trinajstić information content (AvgIpc) is 2.53. The van der Waals surface area contributed by atoms with E-state index in [-0.39, 0.29) is 17.4 Å². The molecule has 26 heavy (non-hydrogen) atoms. The molecule has 0 radical (unpaired) electrons. The van der Waals surface area contributed by atoms with E-state index in [2.05, 4.69) is 0 Å². The first-order valence-electron chi connectivity index (χ1n) is 9.23. The molecule has 3 nitrogen and oxygen atoms in total. The first-order chi connectivity index (χ1) is 12.0. The Kier molecular flexibility index (Phi) is 5.08. The minimum absolute atomic E-state index is 0.0759. The van der Waals surface area contributed by atoms with Crippen molar-refractivity contribution in [1.29, 1.82) is 0 Å². The number of likely N-dealkylation sites (tertiary alicyclic amines) is 1. The Morgan fingerprint density at radius 3 is 2.42 bits per heavy atom. The number of carbonyl (C=O) groups excluding carboxylic acids is 1. The van der Waals surface area contributed by atoms with Crippen molar-refractivity contribution in [2.75, 3.05) is 13.1 Å². The number of rotatable bonds is 3. The molecule has 0 spiro atoms. The van der Waals surface area contributed by atoms with Gasteiger partial charge in [0.15, 0.2) is 0 Å². The maximum Gasteiger partial charge on any atom is 0.416 e. The summed E-state index contributed by atoms with van der Waals surface area (Å²) >= 11 is 0. The third-order valence-electron chi connectivity index (χ3n) is 5.78. The number of piperidine rings is 1. The summed E-state index contributed by atoms with van der Waals surface area (Å²) in [5, 5.41) is 9.79. The Bertz CT molecular complexity index is 668. The highest BCUT2D eigenvalue weighted by molar-refractivity contribution is 5.80. The van der Waals surface area contributed by atoms with Crippen molar-refractivity contribution in [2.45, 2.75) is 57.7 Å². The molecular formula is C20H26F3NO2. The smallest absolute Gasteiger partial charge is 0.390 e. The lowest BCUT2D eigenvalue weighted by Crippen LogP contribution is -2.51. The van der Waals surface area contributed by atoms with E-state index in [1.165, 1.54) is 13.0 Å². The largest absolute Gasteiger partial charge is 0.416 e. The number of nitrogens with zero attached hydrogens (tertiary/aromatic N) is 1. The van der Waals surface area contributed by atoms with Gasteiger partial charge in [-0.3, -0.25) is 4.79 Å². The number of amides is 1. The molecule has 1 N–H and O–H groups in total. The Hall–Kier alpha value is -1.56. The number of aryl methyl sites for hydroxylation is 1.